The first-order valence-corrected chi connectivity index (χ1v) is 8.82. The van der Waals surface area contributed by atoms with Crippen LogP contribution in [0.3, 0.4) is 0 Å². The molecule has 0 fully saturated rings. The second-order valence-corrected chi connectivity index (χ2v) is 6.51. The quantitative estimate of drug-likeness (QED) is 0.354. The smallest absolute Gasteiger partial charge is 0.272 e. The van der Waals surface area contributed by atoms with Crippen LogP contribution in [0.5, 0.6) is 0 Å². The lowest BCUT2D eigenvalue weighted by Gasteiger charge is -2.23. The lowest BCUT2D eigenvalue weighted by atomic mass is 10.2. The molecule has 0 aromatic heterocycles. The number of nitro groups is 1. The third-order valence-corrected chi connectivity index (χ3v) is 4.39. The molecule has 0 unspecified atom stereocenters. The van der Waals surface area contributed by atoms with Crippen molar-refractivity contribution in [1.82, 2.24) is 0 Å². The van der Waals surface area contributed by atoms with E-state index in [1.54, 1.807) is 23.1 Å². The largest absolute Gasteiger partial charge is 0.395 e. The van der Waals surface area contributed by atoms with Crippen LogP contribution < -0.4 is 4.90 Å². The number of nitrogens with zero attached hydrogens (tertiary/aromatic N) is 4. The predicted octanol–water partition coefficient (Wildman–Crippen LogP) is 4.76. The molecule has 8 nitrogen and oxygen atoms in total. The average Bonchev–Trinajstić information content (AvgIpc) is 2.61. The van der Waals surface area contributed by atoms with Gasteiger partial charge in [-0.2, -0.15) is 0 Å². The van der Waals surface area contributed by atoms with Gasteiger partial charge in [0.25, 0.3) is 5.69 Å². The van der Waals surface area contributed by atoms with Gasteiger partial charge in [-0.15, -0.1) is 10.2 Å². The Balaban J connectivity index is 2.29. The van der Waals surface area contributed by atoms with Crippen LogP contribution in [0.2, 0.25) is 15.1 Å². The highest BCUT2D eigenvalue weighted by Gasteiger charge is 2.15. The Labute approximate surface area is 169 Å². The lowest BCUT2D eigenvalue weighted by Crippen LogP contribution is -2.29. The third-order valence-electron chi connectivity index (χ3n) is 3.51. The van der Waals surface area contributed by atoms with E-state index in [4.69, 9.17) is 45.0 Å². The summed E-state index contributed by atoms with van der Waals surface area (Å²) in [7, 11) is 0. The molecule has 0 spiro atoms. The number of azo groups is 1. The van der Waals surface area contributed by atoms with E-state index in [2.05, 4.69) is 10.2 Å². The minimum atomic E-state index is -0.612. The molecule has 2 aromatic rings. The number of aliphatic hydroxyl groups is 2. The van der Waals surface area contributed by atoms with Crippen LogP contribution in [0.25, 0.3) is 0 Å². The second-order valence-electron chi connectivity index (χ2n) is 5.29. The van der Waals surface area contributed by atoms with Gasteiger partial charge < -0.3 is 15.1 Å². The fraction of sp³-hybridized carbons (Fsp3) is 0.250. The van der Waals surface area contributed by atoms with Crippen LogP contribution in [0, 0.1) is 10.1 Å². The van der Waals surface area contributed by atoms with Gasteiger partial charge in [0, 0.05) is 30.9 Å². The molecule has 0 atom stereocenters. The molecule has 0 aliphatic carbocycles. The Bertz CT molecular complexity index is 835. The average molecular weight is 434 g/mol. The summed E-state index contributed by atoms with van der Waals surface area (Å²) < 4.78 is 0. The molecule has 144 valence electrons. The minimum Gasteiger partial charge on any atom is -0.395 e. The van der Waals surface area contributed by atoms with E-state index in [1.807, 2.05) is 0 Å². The molecular weight excluding hydrogens is 419 g/mol. The van der Waals surface area contributed by atoms with Crippen LogP contribution in [0.4, 0.5) is 22.7 Å². The first kappa shape index (κ1) is 21.3. The van der Waals surface area contributed by atoms with E-state index in [-0.39, 0.29) is 39.7 Å². The van der Waals surface area contributed by atoms with Gasteiger partial charge in [-0.3, -0.25) is 10.1 Å². The van der Waals surface area contributed by atoms with Crippen molar-refractivity contribution in [2.24, 2.45) is 10.2 Å². The van der Waals surface area contributed by atoms with Gasteiger partial charge in [-0.1, -0.05) is 34.8 Å². The Hall–Kier alpha value is -1.97. The molecule has 0 aliphatic rings. The Morgan fingerprint density at radius 3 is 2.04 bits per heavy atom. The third kappa shape index (κ3) is 5.50. The highest BCUT2D eigenvalue weighted by atomic mass is 35.5. The van der Waals surface area contributed by atoms with Crippen molar-refractivity contribution in [1.29, 1.82) is 0 Å². The maximum absolute atomic E-state index is 10.8. The second kappa shape index (κ2) is 9.82. The molecule has 0 aliphatic heterocycles. The van der Waals surface area contributed by atoms with Gasteiger partial charge in [0.1, 0.15) is 11.4 Å². The SMILES string of the molecule is O=[N+]([O-])c1cc(Cl)c(N=Nc2ccc(N(CCO)CCO)cc2Cl)c(Cl)c1. The number of non-ortho nitro benzene ring substituents is 1. The summed E-state index contributed by atoms with van der Waals surface area (Å²) in [5.74, 6) is 0. The van der Waals surface area contributed by atoms with Crippen molar-refractivity contribution < 1.29 is 15.1 Å². The fourth-order valence-electron chi connectivity index (χ4n) is 2.24. The van der Waals surface area contributed by atoms with Crippen molar-refractivity contribution in [3.8, 4) is 0 Å². The van der Waals surface area contributed by atoms with Gasteiger partial charge in [0.2, 0.25) is 0 Å². The van der Waals surface area contributed by atoms with E-state index >= 15 is 0 Å². The Kier molecular flexibility index (Phi) is 7.76. The highest BCUT2D eigenvalue weighted by molar-refractivity contribution is 6.39. The summed E-state index contributed by atoms with van der Waals surface area (Å²) >= 11 is 18.2. The maximum Gasteiger partial charge on any atom is 0.272 e. The zero-order valence-corrected chi connectivity index (χ0v) is 16.1. The number of aliphatic hydroxyl groups excluding tert-OH is 2. The van der Waals surface area contributed by atoms with Crippen molar-refractivity contribution in [2.75, 3.05) is 31.2 Å². The van der Waals surface area contributed by atoms with Crippen LogP contribution in [0.1, 0.15) is 0 Å². The summed E-state index contributed by atoms with van der Waals surface area (Å²) in [6.45, 7) is 0.532. The zero-order valence-electron chi connectivity index (χ0n) is 13.8. The normalized spacial score (nSPS) is 11.1. The topological polar surface area (TPSA) is 112 Å². The first-order chi connectivity index (χ1) is 12.9. The molecule has 0 heterocycles. The molecule has 2 N–H and O–H groups in total. The van der Waals surface area contributed by atoms with E-state index in [1.165, 1.54) is 0 Å². The zero-order chi connectivity index (χ0) is 20.0. The number of rotatable bonds is 8. The molecule has 0 saturated heterocycles. The lowest BCUT2D eigenvalue weighted by molar-refractivity contribution is -0.384. The molecule has 27 heavy (non-hydrogen) atoms. The predicted molar refractivity (Wildman–Crippen MR) is 105 cm³/mol. The number of hydrogen-bond acceptors (Lipinski definition) is 7. The number of anilines is 1. The molecule has 0 bridgehead atoms. The molecule has 2 rings (SSSR count). The van der Waals surface area contributed by atoms with E-state index in [9.17, 15) is 10.1 Å². The van der Waals surface area contributed by atoms with Gasteiger partial charge in [0.05, 0.1) is 33.2 Å². The van der Waals surface area contributed by atoms with Gasteiger partial charge in [-0.25, -0.2) is 0 Å². The maximum atomic E-state index is 10.8. The fourth-order valence-corrected chi connectivity index (χ4v) is 3.01. The van der Waals surface area contributed by atoms with Crippen LogP contribution >= 0.6 is 34.8 Å². The molecule has 0 amide bonds. The Morgan fingerprint density at radius 1 is 0.963 bits per heavy atom. The number of hydrogen-bond donors (Lipinski definition) is 2. The molecule has 0 radical (unpaired) electrons. The van der Waals surface area contributed by atoms with Crippen LogP contribution in [0.15, 0.2) is 40.6 Å². The number of benzene rings is 2. The summed E-state index contributed by atoms with van der Waals surface area (Å²) in [4.78, 5) is 12.0. The summed E-state index contributed by atoms with van der Waals surface area (Å²) in [6.07, 6.45) is 0. The monoisotopic (exact) mass is 432 g/mol. The van der Waals surface area contributed by atoms with E-state index < -0.39 is 4.92 Å². The van der Waals surface area contributed by atoms with Crippen molar-refractivity contribution in [3.05, 3.63) is 55.5 Å². The van der Waals surface area contributed by atoms with Gasteiger partial charge >= 0.3 is 0 Å². The molecule has 0 saturated carbocycles. The van der Waals surface area contributed by atoms with E-state index in [0.29, 0.717) is 24.5 Å². The molecular formula is C16H15Cl3N4O4. The summed E-state index contributed by atoms with van der Waals surface area (Å²) in [6, 6.07) is 7.21. The summed E-state index contributed by atoms with van der Waals surface area (Å²) in [5.41, 5.74) is 0.873. The van der Waals surface area contributed by atoms with Crippen molar-refractivity contribution in [3.63, 3.8) is 0 Å². The van der Waals surface area contributed by atoms with Crippen LogP contribution in [-0.2, 0) is 0 Å². The highest BCUT2D eigenvalue weighted by Crippen LogP contribution is 2.39. The summed E-state index contributed by atoms with van der Waals surface area (Å²) in [5, 5.41) is 37.2. The van der Waals surface area contributed by atoms with Crippen molar-refractivity contribution >= 4 is 57.6 Å². The van der Waals surface area contributed by atoms with Crippen LogP contribution in [-0.4, -0.2) is 41.4 Å². The van der Waals surface area contributed by atoms with Crippen molar-refractivity contribution in [2.45, 2.75) is 0 Å². The Morgan fingerprint density at radius 2 is 1.56 bits per heavy atom. The van der Waals surface area contributed by atoms with Gasteiger partial charge in [0.15, 0.2) is 0 Å². The van der Waals surface area contributed by atoms with E-state index in [0.717, 1.165) is 12.1 Å². The number of nitro benzene ring substituents is 1. The van der Waals surface area contributed by atoms with Gasteiger partial charge in [-0.05, 0) is 18.2 Å². The standard InChI is InChI=1S/C16H15Cl3N4O4/c17-12-7-10(22(3-5-24)4-6-25)1-2-15(12)20-21-16-13(18)8-11(23(26)27)9-14(16)19/h1-2,7-9,24-25H,3-6H2. The minimum absolute atomic E-state index is 0.0113. The number of halogens is 3. The first-order valence-electron chi connectivity index (χ1n) is 7.68. The molecule has 2 aromatic carbocycles. The molecule has 11 heteroatoms.